The summed E-state index contributed by atoms with van der Waals surface area (Å²) < 4.78 is 19.2. The normalized spacial score (nSPS) is 19.1. The number of ether oxygens (including phenoxy) is 1. The third kappa shape index (κ3) is 7.39. The number of hydrogen-bond donors (Lipinski definition) is 4. The minimum Gasteiger partial charge on any atom is -0.494 e. The molecule has 52 heavy (non-hydrogen) atoms. The number of anilines is 4. The van der Waals surface area contributed by atoms with Crippen molar-refractivity contribution in [2.75, 3.05) is 42.7 Å². The molecule has 4 aromatic rings. The predicted octanol–water partition coefficient (Wildman–Crippen LogP) is 5.01. The van der Waals surface area contributed by atoms with Crippen molar-refractivity contribution >= 4 is 69.0 Å². The van der Waals surface area contributed by atoms with Crippen LogP contribution in [0, 0.1) is 5.82 Å². The van der Waals surface area contributed by atoms with E-state index in [2.05, 4.69) is 36.1 Å². The zero-order valence-electron chi connectivity index (χ0n) is 28.2. The van der Waals surface area contributed by atoms with Crippen molar-refractivity contribution < 1.29 is 28.3 Å². The number of imide groups is 1. The third-order valence-corrected chi connectivity index (χ3v) is 9.77. The van der Waals surface area contributed by atoms with Crippen LogP contribution in [0.3, 0.4) is 0 Å². The van der Waals surface area contributed by atoms with Crippen molar-refractivity contribution in [2.45, 2.75) is 44.3 Å². The van der Waals surface area contributed by atoms with E-state index in [4.69, 9.17) is 16.3 Å². The largest absolute Gasteiger partial charge is 0.494 e. The van der Waals surface area contributed by atoms with Gasteiger partial charge in [0.25, 0.3) is 5.91 Å². The maximum atomic E-state index is 13.7. The van der Waals surface area contributed by atoms with E-state index in [0.717, 1.165) is 37.2 Å². The molecule has 1 aromatic heterocycles. The standard InChI is InChI=1S/C37H36ClFN8O5/c1-52-32-17-29-24(35(41-20-40-29)43-21-9-10-27(39)26(38)15-21)16-30(32)44-33(48)8-4-14-46-13-3-5-22(18-46)42-28-7-2-6-23-25(28)19-47(37(23)51)31-11-12-34(49)45-36(31)50/h2,4,6-10,15-17,20,22,31,42H,3,5,11-14,18-19H2,1H3,(H,44,48)(H,40,41,43)(H,45,49,50)/b8-4+. The number of nitrogens with one attached hydrogen (secondary N) is 4. The Morgan fingerprint density at radius 1 is 1.12 bits per heavy atom. The highest BCUT2D eigenvalue weighted by atomic mass is 35.5. The number of nitrogens with zero attached hydrogens (tertiary/aromatic N) is 4. The topological polar surface area (TPSA) is 158 Å². The van der Waals surface area contributed by atoms with Crippen LogP contribution in [-0.2, 0) is 20.9 Å². The summed E-state index contributed by atoms with van der Waals surface area (Å²) in [4.78, 5) is 63.0. The second kappa shape index (κ2) is 14.9. The first-order valence-corrected chi connectivity index (χ1v) is 17.3. The summed E-state index contributed by atoms with van der Waals surface area (Å²) >= 11 is 5.95. The van der Waals surface area contributed by atoms with Crippen LogP contribution in [0.2, 0.25) is 5.02 Å². The van der Waals surface area contributed by atoms with E-state index in [9.17, 15) is 23.6 Å². The molecule has 0 aliphatic carbocycles. The van der Waals surface area contributed by atoms with Crippen molar-refractivity contribution in [1.82, 2.24) is 25.1 Å². The van der Waals surface area contributed by atoms with Crippen LogP contribution >= 0.6 is 11.6 Å². The zero-order chi connectivity index (χ0) is 36.4. The van der Waals surface area contributed by atoms with E-state index >= 15 is 0 Å². The number of piperidine rings is 2. The highest BCUT2D eigenvalue weighted by molar-refractivity contribution is 6.31. The molecule has 0 bridgehead atoms. The van der Waals surface area contributed by atoms with Gasteiger partial charge in [-0.3, -0.25) is 29.4 Å². The second-order valence-electron chi connectivity index (χ2n) is 12.9. The lowest BCUT2D eigenvalue weighted by atomic mass is 10.0. The van der Waals surface area contributed by atoms with Gasteiger partial charge < -0.3 is 25.6 Å². The number of halogens is 2. The summed E-state index contributed by atoms with van der Waals surface area (Å²) in [5.41, 5.74) is 3.80. The van der Waals surface area contributed by atoms with E-state index in [1.807, 2.05) is 18.2 Å². The Labute approximate surface area is 303 Å². The minimum absolute atomic E-state index is 0.0294. The number of rotatable bonds is 10. The number of benzene rings is 3. The van der Waals surface area contributed by atoms with Crippen LogP contribution in [0.1, 0.15) is 41.6 Å². The Kier molecular flexibility index (Phi) is 10.0. The van der Waals surface area contributed by atoms with Crippen molar-refractivity contribution in [2.24, 2.45) is 0 Å². The molecule has 0 saturated carbocycles. The van der Waals surface area contributed by atoms with Gasteiger partial charge in [-0.2, -0.15) is 0 Å². The van der Waals surface area contributed by atoms with E-state index in [-0.39, 0.29) is 35.2 Å². The molecule has 13 nitrogen and oxygen atoms in total. The average molecular weight is 727 g/mol. The number of aromatic nitrogens is 2. The molecular formula is C37H36ClFN8O5. The van der Waals surface area contributed by atoms with Crippen molar-refractivity contribution in [1.29, 1.82) is 0 Å². The van der Waals surface area contributed by atoms with E-state index in [0.29, 0.717) is 58.9 Å². The monoisotopic (exact) mass is 726 g/mol. The van der Waals surface area contributed by atoms with Crippen molar-refractivity contribution in [3.8, 4) is 5.75 Å². The highest BCUT2D eigenvalue weighted by Gasteiger charge is 2.40. The van der Waals surface area contributed by atoms with Gasteiger partial charge in [-0.25, -0.2) is 14.4 Å². The van der Waals surface area contributed by atoms with Crippen LogP contribution in [0.5, 0.6) is 5.75 Å². The summed E-state index contributed by atoms with van der Waals surface area (Å²) in [6.07, 6.45) is 7.10. The van der Waals surface area contributed by atoms with Gasteiger partial charge in [-0.05, 0) is 62.2 Å². The van der Waals surface area contributed by atoms with Gasteiger partial charge in [0, 0.05) is 72.1 Å². The molecule has 3 aliphatic rings. The summed E-state index contributed by atoms with van der Waals surface area (Å²) in [7, 11) is 1.50. The summed E-state index contributed by atoms with van der Waals surface area (Å²) in [6, 6.07) is 12.7. The number of carbonyl (C=O) groups excluding carboxylic acids is 4. The van der Waals surface area contributed by atoms with Crippen LogP contribution in [0.15, 0.2) is 67.0 Å². The van der Waals surface area contributed by atoms with Crippen LogP contribution in [0.4, 0.5) is 27.3 Å². The molecule has 2 unspecified atom stereocenters. The highest BCUT2D eigenvalue weighted by Crippen LogP contribution is 2.35. The number of fused-ring (bicyclic) bond motifs is 2. The molecule has 7 rings (SSSR count). The average Bonchev–Trinajstić information content (AvgIpc) is 3.46. The predicted molar refractivity (Wildman–Crippen MR) is 194 cm³/mol. The maximum absolute atomic E-state index is 13.7. The quantitative estimate of drug-likeness (QED) is 0.129. The number of amides is 4. The Morgan fingerprint density at radius 2 is 1.98 bits per heavy atom. The molecule has 4 N–H and O–H groups in total. The molecule has 0 radical (unpaired) electrons. The first-order chi connectivity index (χ1) is 25.2. The van der Waals surface area contributed by atoms with Crippen molar-refractivity contribution in [3.05, 3.63) is 89.0 Å². The number of carbonyl (C=O) groups is 4. The van der Waals surface area contributed by atoms with Crippen LogP contribution in [0.25, 0.3) is 10.9 Å². The van der Waals surface area contributed by atoms with Gasteiger partial charge in [0.2, 0.25) is 17.7 Å². The lowest BCUT2D eigenvalue weighted by Crippen LogP contribution is -2.52. The number of hydrogen-bond acceptors (Lipinski definition) is 10. The molecule has 4 amide bonds. The summed E-state index contributed by atoms with van der Waals surface area (Å²) in [6.45, 7) is 2.45. The molecular weight excluding hydrogens is 691 g/mol. The molecule has 15 heteroatoms. The lowest BCUT2D eigenvalue weighted by Gasteiger charge is -2.33. The molecule has 0 spiro atoms. The third-order valence-electron chi connectivity index (χ3n) is 9.48. The first kappa shape index (κ1) is 34.8. The Bertz CT molecular complexity index is 2110. The molecule has 2 fully saturated rings. The number of methoxy groups -OCH3 is 1. The lowest BCUT2D eigenvalue weighted by molar-refractivity contribution is -0.137. The molecule has 2 saturated heterocycles. The van der Waals surface area contributed by atoms with Gasteiger partial charge >= 0.3 is 0 Å². The summed E-state index contributed by atoms with van der Waals surface area (Å²) in [5.74, 6) is -0.968. The van der Waals surface area contributed by atoms with Crippen LogP contribution < -0.4 is 26.0 Å². The Balaban J connectivity index is 0.973. The van der Waals surface area contributed by atoms with E-state index in [1.54, 1.807) is 29.2 Å². The Morgan fingerprint density at radius 3 is 2.79 bits per heavy atom. The fourth-order valence-electron chi connectivity index (χ4n) is 6.92. The molecule has 268 valence electrons. The Hall–Kier alpha value is -5.60. The minimum atomic E-state index is -0.668. The van der Waals surface area contributed by atoms with E-state index in [1.165, 1.54) is 31.6 Å². The molecule has 2 atom stereocenters. The van der Waals surface area contributed by atoms with Gasteiger partial charge in [-0.15, -0.1) is 0 Å². The van der Waals surface area contributed by atoms with Gasteiger partial charge in [0.1, 0.15) is 29.8 Å². The second-order valence-corrected chi connectivity index (χ2v) is 13.3. The first-order valence-electron chi connectivity index (χ1n) is 16.9. The van der Waals surface area contributed by atoms with Crippen LogP contribution in [-0.4, -0.2) is 82.2 Å². The maximum Gasteiger partial charge on any atom is 0.255 e. The van der Waals surface area contributed by atoms with Gasteiger partial charge in [-0.1, -0.05) is 23.7 Å². The zero-order valence-corrected chi connectivity index (χ0v) is 29.0. The smallest absolute Gasteiger partial charge is 0.255 e. The molecule has 3 aliphatic heterocycles. The molecule has 3 aromatic carbocycles. The molecule has 4 heterocycles. The SMILES string of the molecule is COc1cc2ncnc(Nc3ccc(F)c(Cl)c3)c2cc1NC(=O)/C=C/CN1CCCC(Nc2cccc3c2CN(C2CCC(=O)NC2=O)C3=O)C1. The fraction of sp³-hybridized carbons (Fsp3) is 0.297. The summed E-state index contributed by atoms with van der Waals surface area (Å²) in [5, 5.41) is 12.6. The van der Waals surface area contributed by atoms with E-state index < -0.39 is 17.8 Å². The number of likely N-dealkylation sites (tertiary alicyclic amines) is 1. The fourth-order valence-corrected chi connectivity index (χ4v) is 7.10. The van der Waals surface area contributed by atoms with Crippen molar-refractivity contribution in [3.63, 3.8) is 0 Å². The van der Waals surface area contributed by atoms with Gasteiger partial charge in [0.15, 0.2) is 0 Å². The van der Waals surface area contributed by atoms with Gasteiger partial charge in [0.05, 0.1) is 23.3 Å².